The molecular formula is C6H10BrF2N. The molecule has 2 N–H and O–H groups in total. The molecule has 1 rings (SSSR count). The van der Waals surface area contributed by atoms with Crippen LogP contribution in [0.15, 0.2) is 0 Å². The van der Waals surface area contributed by atoms with Crippen molar-refractivity contribution in [3.63, 3.8) is 0 Å². The number of rotatable bonds is 2. The summed E-state index contributed by atoms with van der Waals surface area (Å²) in [7, 11) is 0. The van der Waals surface area contributed by atoms with Gasteiger partial charge >= 0.3 is 0 Å². The Kier molecular flexibility index (Phi) is 2.02. The molecule has 10 heavy (non-hydrogen) atoms. The molecular weight excluding hydrogens is 204 g/mol. The summed E-state index contributed by atoms with van der Waals surface area (Å²) in [5.41, 5.74) is 5.02. The van der Waals surface area contributed by atoms with Crippen LogP contribution in [0.4, 0.5) is 8.78 Å². The fraction of sp³-hybridized carbons (Fsp3) is 1.00. The average Bonchev–Trinajstić information content (AvgIpc) is 1.82. The quantitative estimate of drug-likeness (QED) is 0.696. The molecule has 1 aliphatic carbocycles. The first-order chi connectivity index (χ1) is 4.54. The molecule has 0 atom stereocenters. The fourth-order valence-corrected chi connectivity index (χ4v) is 1.96. The van der Waals surface area contributed by atoms with E-state index in [-0.39, 0.29) is 18.3 Å². The summed E-state index contributed by atoms with van der Waals surface area (Å²) in [5.74, 6) is -2.45. The van der Waals surface area contributed by atoms with Crippen molar-refractivity contribution in [3.8, 4) is 0 Å². The van der Waals surface area contributed by atoms with Gasteiger partial charge in [-0.1, -0.05) is 15.9 Å². The minimum Gasteiger partial charge on any atom is -0.330 e. The second-order valence-corrected chi connectivity index (χ2v) is 3.61. The first-order valence-corrected chi connectivity index (χ1v) is 4.30. The van der Waals surface area contributed by atoms with Crippen LogP contribution in [0.1, 0.15) is 12.8 Å². The van der Waals surface area contributed by atoms with E-state index in [0.29, 0.717) is 11.9 Å². The van der Waals surface area contributed by atoms with Crippen LogP contribution in [0, 0.1) is 5.41 Å². The molecule has 0 aromatic heterocycles. The van der Waals surface area contributed by atoms with Gasteiger partial charge in [0.05, 0.1) is 0 Å². The van der Waals surface area contributed by atoms with Crippen molar-refractivity contribution in [1.29, 1.82) is 0 Å². The molecule has 0 aromatic carbocycles. The molecule has 0 amide bonds. The molecule has 1 nitrogen and oxygen atoms in total. The van der Waals surface area contributed by atoms with Crippen LogP contribution in [0.3, 0.4) is 0 Å². The van der Waals surface area contributed by atoms with E-state index in [9.17, 15) is 8.78 Å². The highest BCUT2D eigenvalue weighted by Gasteiger charge is 2.54. The van der Waals surface area contributed by atoms with Crippen molar-refractivity contribution in [2.24, 2.45) is 11.1 Å². The minimum atomic E-state index is -2.45. The smallest absolute Gasteiger partial charge is 0.249 e. The lowest BCUT2D eigenvalue weighted by Crippen LogP contribution is -2.51. The molecule has 0 bridgehead atoms. The molecule has 0 unspecified atom stereocenters. The monoisotopic (exact) mass is 213 g/mol. The maximum atomic E-state index is 12.3. The fourth-order valence-electron chi connectivity index (χ4n) is 1.34. The van der Waals surface area contributed by atoms with Gasteiger partial charge in [-0.15, -0.1) is 0 Å². The molecule has 0 radical (unpaired) electrons. The van der Waals surface area contributed by atoms with Gasteiger partial charge in [-0.3, -0.25) is 0 Å². The van der Waals surface area contributed by atoms with Crippen LogP contribution in [0.2, 0.25) is 0 Å². The van der Waals surface area contributed by atoms with Crippen LogP contribution < -0.4 is 5.73 Å². The molecule has 0 aliphatic heterocycles. The second-order valence-electron chi connectivity index (χ2n) is 3.05. The van der Waals surface area contributed by atoms with Crippen LogP contribution in [0.25, 0.3) is 0 Å². The molecule has 0 heterocycles. The third kappa shape index (κ3) is 1.32. The van der Waals surface area contributed by atoms with Crippen molar-refractivity contribution >= 4 is 15.9 Å². The molecule has 1 fully saturated rings. The molecule has 60 valence electrons. The van der Waals surface area contributed by atoms with E-state index >= 15 is 0 Å². The lowest BCUT2D eigenvalue weighted by molar-refractivity contribution is -0.147. The summed E-state index contributed by atoms with van der Waals surface area (Å²) < 4.78 is 24.7. The predicted octanol–water partition coefficient (Wildman–Crippen LogP) is 1.76. The molecule has 1 saturated carbocycles. The van der Waals surface area contributed by atoms with Gasteiger partial charge in [-0.2, -0.15) is 0 Å². The van der Waals surface area contributed by atoms with Gasteiger partial charge in [0.25, 0.3) is 0 Å². The third-order valence-electron chi connectivity index (χ3n) is 1.98. The van der Waals surface area contributed by atoms with Gasteiger partial charge in [-0.05, 0) is 6.54 Å². The van der Waals surface area contributed by atoms with Gasteiger partial charge < -0.3 is 5.73 Å². The van der Waals surface area contributed by atoms with Crippen LogP contribution in [-0.4, -0.2) is 17.8 Å². The first-order valence-electron chi connectivity index (χ1n) is 3.17. The van der Waals surface area contributed by atoms with Crippen molar-refractivity contribution in [2.75, 3.05) is 11.9 Å². The second kappa shape index (κ2) is 2.41. The topological polar surface area (TPSA) is 26.0 Å². The van der Waals surface area contributed by atoms with E-state index < -0.39 is 5.92 Å². The predicted molar refractivity (Wildman–Crippen MR) is 39.5 cm³/mol. The Morgan fingerprint density at radius 3 is 2.00 bits per heavy atom. The summed E-state index contributed by atoms with van der Waals surface area (Å²) in [6.45, 7) is 0.355. The number of hydrogen-bond donors (Lipinski definition) is 1. The Hall–Kier alpha value is 0.300. The average molecular weight is 214 g/mol. The summed E-state index contributed by atoms with van der Waals surface area (Å²) in [5, 5.41) is 0.589. The number of hydrogen-bond acceptors (Lipinski definition) is 1. The largest absolute Gasteiger partial charge is 0.330 e. The molecule has 0 aromatic rings. The summed E-state index contributed by atoms with van der Waals surface area (Å²) in [6.07, 6.45) is -0.108. The normalized spacial score (nSPS) is 27.6. The highest BCUT2D eigenvalue weighted by Crippen LogP contribution is 2.52. The number of halogens is 3. The van der Waals surface area contributed by atoms with E-state index in [2.05, 4.69) is 15.9 Å². The zero-order valence-corrected chi connectivity index (χ0v) is 7.13. The SMILES string of the molecule is NCC1(CBr)CC(F)(F)C1. The van der Waals surface area contributed by atoms with Crippen molar-refractivity contribution in [2.45, 2.75) is 18.8 Å². The van der Waals surface area contributed by atoms with Crippen molar-refractivity contribution in [3.05, 3.63) is 0 Å². The van der Waals surface area contributed by atoms with E-state index in [4.69, 9.17) is 5.73 Å². The van der Waals surface area contributed by atoms with Gasteiger partial charge in [0, 0.05) is 23.6 Å². The zero-order chi connectivity index (χ0) is 7.83. The number of nitrogens with two attached hydrogens (primary N) is 1. The third-order valence-corrected chi connectivity index (χ3v) is 3.17. The Bertz CT molecular complexity index is 124. The zero-order valence-electron chi connectivity index (χ0n) is 5.54. The van der Waals surface area contributed by atoms with Crippen LogP contribution >= 0.6 is 15.9 Å². The molecule has 0 spiro atoms. The Morgan fingerprint density at radius 1 is 1.40 bits per heavy atom. The maximum Gasteiger partial charge on any atom is 0.249 e. The summed E-state index contributed by atoms with van der Waals surface area (Å²) >= 11 is 3.18. The molecule has 0 saturated heterocycles. The van der Waals surface area contributed by atoms with Crippen LogP contribution in [-0.2, 0) is 0 Å². The summed E-state index contributed by atoms with van der Waals surface area (Å²) in [6, 6.07) is 0. The first kappa shape index (κ1) is 8.40. The van der Waals surface area contributed by atoms with Crippen molar-refractivity contribution in [1.82, 2.24) is 0 Å². The molecule has 4 heteroatoms. The highest BCUT2D eigenvalue weighted by molar-refractivity contribution is 9.09. The highest BCUT2D eigenvalue weighted by atomic mass is 79.9. The number of alkyl halides is 3. The Balaban J connectivity index is 2.46. The van der Waals surface area contributed by atoms with Gasteiger partial charge in [-0.25, -0.2) is 8.78 Å². The minimum absolute atomic E-state index is 0.0538. The van der Waals surface area contributed by atoms with Crippen LogP contribution in [0.5, 0.6) is 0 Å². The molecule has 1 aliphatic rings. The lowest BCUT2D eigenvalue weighted by Gasteiger charge is -2.45. The van der Waals surface area contributed by atoms with E-state index in [1.54, 1.807) is 0 Å². The van der Waals surface area contributed by atoms with E-state index in [1.807, 2.05) is 0 Å². The van der Waals surface area contributed by atoms with Gasteiger partial charge in [0.2, 0.25) is 5.92 Å². The van der Waals surface area contributed by atoms with Gasteiger partial charge in [0.1, 0.15) is 0 Å². The summed E-state index contributed by atoms with van der Waals surface area (Å²) in [4.78, 5) is 0. The lowest BCUT2D eigenvalue weighted by atomic mass is 9.67. The maximum absolute atomic E-state index is 12.3. The van der Waals surface area contributed by atoms with Crippen molar-refractivity contribution < 1.29 is 8.78 Å². The Morgan fingerprint density at radius 2 is 1.90 bits per heavy atom. The van der Waals surface area contributed by atoms with E-state index in [0.717, 1.165) is 0 Å². The van der Waals surface area contributed by atoms with Gasteiger partial charge in [0.15, 0.2) is 0 Å². The standard InChI is InChI=1S/C6H10BrF2N/c7-3-5(4-10)1-6(8,9)2-5/h1-4,10H2. The Labute approximate surface area is 67.1 Å². The van der Waals surface area contributed by atoms with E-state index in [1.165, 1.54) is 0 Å².